The van der Waals surface area contributed by atoms with E-state index in [2.05, 4.69) is 29.5 Å². The van der Waals surface area contributed by atoms with Crippen molar-refractivity contribution in [2.75, 3.05) is 39.8 Å². The molecule has 1 heterocycles. The molecule has 0 aromatic heterocycles. The van der Waals surface area contributed by atoms with Crippen molar-refractivity contribution in [3.05, 3.63) is 0 Å². The van der Waals surface area contributed by atoms with Gasteiger partial charge < -0.3 is 15.5 Å². The Morgan fingerprint density at radius 1 is 1.36 bits per heavy atom. The molecule has 1 atom stereocenters. The van der Waals surface area contributed by atoms with Crippen LogP contribution in [0.15, 0.2) is 0 Å². The van der Waals surface area contributed by atoms with E-state index in [1.54, 1.807) is 0 Å². The highest BCUT2D eigenvalue weighted by atomic mass is 15.1. The predicted molar refractivity (Wildman–Crippen MR) is 61.7 cm³/mol. The Kier molecular flexibility index (Phi) is 6.15. The normalized spacial score (nSPS) is 23.8. The van der Waals surface area contributed by atoms with Crippen molar-refractivity contribution >= 4 is 0 Å². The van der Waals surface area contributed by atoms with Gasteiger partial charge in [-0.2, -0.15) is 0 Å². The Hall–Kier alpha value is -0.120. The van der Waals surface area contributed by atoms with Crippen LogP contribution >= 0.6 is 0 Å². The maximum Gasteiger partial charge on any atom is 0.0104 e. The lowest BCUT2D eigenvalue weighted by molar-refractivity contribution is 0.334. The highest BCUT2D eigenvalue weighted by Crippen LogP contribution is 2.04. The highest BCUT2D eigenvalue weighted by Gasteiger charge is 2.10. The summed E-state index contributed by atoms with van der Waals surface area (Å²) in [6.45, 7) is 8.03. The Labute approximate surface area is 88.2 Å². The summed E-state index contributed by atoms with van der Waals surface area (Å²) in [4.78, 5) is 2.35. The van der Waals surface area contributed by atoms with Crippen LogP contribution in [0.5, 0.6) is 0 Å². The van der Waals surface area contributed by atoms with Crippen LogP contribution in [-0.2, 0) is 0 Å². The van der Waals surface area contributed by atoms with Gasteiger partial charge in [0.25, 0.3) is 0 Å². The van der Waals surface area contributed by atoms with Gasteiger partial charge >= 0.3 is 0 Å². The number of nitrogens with one attached hydrogen (secondary N) is 2. The fraction of sp³-hybridized carbons (Fsp3) is 1.00. The van der Waals surface area contributed by atoms with Crippen LogP contribution in [0.4, 0.5) is 0 Å². The topological polar surface area (TPSA) is 27.3 Å². The molecule has 0 aliphatic carbocycles. The molecule has 0 aromatic rings. The number of nitrogens with zero attached hydrogens (tertiary/aromatic N) is 1. The first kappa shape index (κ1) is 12.0. The average Bonchev–Trinajstić information content (AvgIpc) is 2.46. The largest absolute Gasteiger partial charge is 0.317 e. The molecule has 0 spiro atoms. The fourth-order valence-electron chi connectivity index (χ4n) is 1.84. The van der Waals surface area contributed by atoms with E-state index in [-0.39, 0.29) is 0 Å². The maximum atomic E-state index is 3.65. The summed E-state index contributed by atoms with van der Waals surface area (Å²) in [6.07, 6.45) is 3.94. The minimum atomic E-state index is 0.746. The fourth-order valence-corrected chi connectivity index (χ4v) is 1.84. The highest BCUT2D eigenvalue weighted by molar-refractivity contribution is 4.72. The van der Waals surface area contributed by atoms with Gasteiger partial charge in [0.05, 0.1) is 0 Å². The molecule has 0 aromatic carbocycles. The van der Waals surface area contributed by atoms with Crippen LogP contribution in [0.1, 0.15) is 26.2 Å². The van der Waals surface area contributed by atoms with E-state index in [0.29, 0.717) is 0 Å². The van der Waals surface area contributed by atoms with E-state index in [4.69, 9.17) is 0 Å². The van der Waals surface area contributed by atoms with Gasteiger partial charge in [0, 0.05) is 19.1 Å². The smallest absolute Gasteiger partial charge is 0.0104 e. The second kappa shape index (κ2) is 7.21. The lowest BCUT2D eigenvalue weighted by Crippen LogP contribution is -2.36. The molecule has 2 N–H and O–H groups in total. The number of hydrogen-bond donors (Lipinski definition) is 2. The molecular formula is C11H25N3. The van der Waals surface area contributed by atoms with Crippen LogP contribution in [0, 0.1) is 0 Å². The molecule has 1 rings (SSSR count). The first-order valence-corrected chi connectivity index (χ1v) is 5.95. The molecule has 1 saturated heterocycles. The van der Waals surface area contributed by atoms with Gasteiger partial charge in [-0.15, -0.1) is 0 Å². The van der Waals surface area contributed by atoms with Crippen molar-refractivity contribution in [2.45, 2.75) is 32.2 Å². The summed E-state index contributed by atoms with van der Waals surface area (Å²) in [5.41, 5.74) is 0. The summed E-state index contributed by atoms with van der Waals surface area (Å²) < 4.78 is 0. The average molecular weight is 199 g/mol. The third-order valence-corrected chi connectivity index (χ3v) is 3.04. The zero-order chi connectivity index (χ0) is 10.2. The summed E-state index contributed by atoms with van der Waals surface area (Å²) in [7, 11) is 2.18. The van der Waals surface area contributed by atoms with Crippen molar-refractivity contribution in [3.63, 3.8) is 0 Å². The summed E-state index contributed by atoms with van der Waals surface area (Å²) in [5.74, 6) is 0. The second-order valence-corrected chi connectivity index (χ2v) is 4.23. The Morgan fingerprint density at radius 3 is 3.00 bits per heavy atom. The maximum absolute atomic E-state index is 3.65. The van der Waals surface area contributed by atoms with Gasteiger partial charge in [-0.1, -0.05) is 6.92 Å². The summed E-state index contributed by atoms with van der Waals surface area (Å²) >= 11 is 0. The van der Waals surface area contributed by atoms with Crippen molar-refractivity contribution in [2.24, 2.45) is 0 Å². The van der Waals surface area contributed by atoms with Gasteiger partial charge in [-0.25, -0.2) is 0 Å². The minimum absolute atomic E-state index is 0.746. The van der Waals surface area contributed by atoms with Crippen LogP contribution in [0.2, 0.25) is 0 Å². The van der Waals surface area contributed by atoms with Crippen molar-refractivity contribution in [3.8, 4) is 0 Å². The lowest BCUT2D eigenvalue weighted by Gasteiger charge is -2.19. The van der Waals surface area contributed by atoms with Gasteiger partial charge in [-0.3, -0.25) is 0 Å². The molecule has 3 heteroatoms. The van der Waals surface area contributed by atoms with Gasteiger partial charge in [0.15, 0.2) is 0 Å². The quantitative estimate of drug-likeness (QED) is 0.681. The van der Waals surface area contributed by atoms with Gasteiger partial charge in [0.2, 0.25) is 0 Å². The monoisotopic (exact) mass is 199 g/mol. The van der Waals surface area contributed by atoms with Crippen LogP contribution in [0.3, 0.4) is 0 Å². The van der Waals surface area contributed by atoms with Crippen molar-refractivity contribution in [1.29, 1.82) is 0 Å². The standard InChI is InChI=1S/C11H25N3/c1-3-14(2)10-9-13-11-5-4-7-12-8-6-11/h11-13H,3-10H2,1-2H3. The van der Waals surface area contributed by atoms with E-state index in [0.717, 1.165) is 19.1 Å². The third-order valence-electron chi connectivity index (χ3n) is 3.04. The molecule has 0 radical (unpaired) electrons. The van der Waals surface area contributed by atoms with E-state index in [1.165, 1.54) is 38.9 Å². The molecule has 1 aliphatic heterocycles. The van der Waals surface area contributed by atoms with E-state index in [1.807, 2.05) is 0 Å². The predicted octanol–water partition coefficient (Wildman–Crippen LogP) is 0.670. The first-order valence-electron chi connectivity index (χ1n) is 5.95. The second-order valence-electron chi connectivity index (χ2n) is 4.23. The van der Waals surface area contributed by atoms with Crippen LogP contribution in [0.25, 0.3) is 0 Å². The Balaban J connectivity index is 2.04. The SMILES string of the molecule is CCN(C)CCNC1CCCNCC1. The molecule has 0 saturated carbocycles. The van der Waals surface area contributed by atoms with Crippen LogP contribution in [-0.4, -0.2) is 50.7 Å². The van der Waals surface area contributed by atoms with E-state index in [9.17, 15) is 0 Å². The number of rotatable bonds is 5. The van der Waals surface area contributed by atoms with E-state index < -0.39 is 0 Å². The molecule has 84 valence electrons. The zero-order valence-electron chi connectivity index (χ0n) is 9.68. The number of likely N-dealkylation sites (N-methyl/N-ethyl adjacent to an activating group) is 1. The Morgan fingerprint density at radius 2 is 2.21 bits per heavy atom. The molecular weight excluding hydrogens is 174 g/mol. The molecule has 14 heavy (non-hydrogen) atoms. The summed E-state index contributed by atoms with van der Waals surface area (Å²) in [5, 5.41) is 7.08. The Bertz CT molecular complexity index is 130. The first-order chi connectivity index (χ1) is 6.83. The van der Waals surface area contributed by atoms with Crippen LogP contribution < -0.4 is 10.6 Å². The molecule has 0 amide bonds. The minimum Gasteiger partial charge on any atom is -0.317 e. The zero-order valence-corrected chi connectivity index (χ0v) is 9.68. The molecule has 0 bridgehead atoms. The molecule has 3 nitrogen and oxygen atoms in total. The summed E-state index contributed by atoms with van der Waals surface area (Å²) in [6, 6.07) is 0.746. The van der Waals surface area contributed by atoms with Crippen molar-refractivity contribution < 1.29 is 0 Å². The van der Waals surface area contributed by atoms with Gasteiger partial charge in [0.1, 0.15) is 0 Å². The third kappa shape index (κ3) is 4.94. The molecule has 1 aliphatic rings. The number of hydrogen-bond acceptors (Lipinski definition) is 3. The lowest BCUT2D eigenvalue weighted by atomic mass is 10.1. The van der Waals surface area contributed by atoms with E-state index >= 15 is 0 Å². The van der Waals surface area contributed by atoms with Gasteiger partial charge in [-0.05, 0) is 45.9 Å². The molecule has 1 fully saturated rings. The van der Waals surface area contributed by atoms with Crippen molar-refractivity contribution in [1.82, 2.24) is 15.5 Å². The molecule has 1 unspecified atom stereocenters.